The van der Waals surface area contributed by atoms with Gasteiger partial charge >= 0.3 is 0 Å². The summed E-state index contributed by atoms with van der Waals surface area (Å²) in [5.41, 5.74) is 0. The number of likely N-dealkylation sites (N-methyl/N-ethyl adjacent to an activating group) is 1. The van der Waals surface area contributed by atoms with E-state index in [0.29, 0.717) is 12.1 Å². The topological polar surface area (TPSA) is 21.3 Å². The summed E-state index contributed by atoms with van der Waals surface area (Å²) in [5, 5.41) is 3.38. The van der Waals surface area contributed by atoms with Crippen LogP contribution < -0.4 is 5.32 Å². The van der Waals surface area contributed by atoms with Gasteiger partial charge in [-0.15, -0.1) is 0 Å². The molecule has 1 rings (SSSR count). The maximum atomic E-state index is 5.38. The Morgan fingerprint density at radius 3 is 2.43 bits per heavy atom. The zero-order valence-electron chi connectivity index (χ0n) is 9.88. The fourth-order valence-electron chi connectivity index (χ4n) is 2.49. The number of nitrogens with one attached hydrogen (secondary N) is 1. The Morgan fingerprint density at radius 1 is 1.29 bits per heavy atom. The highest BCUT2D eigenvalue weighted by molar-refractivity contribution is 4.77. The van der Waals surface area contributed by atoms with Gasteiger partial charge in [0.2, 0.25) is 0 Å². The van der Waals surface area contributed by atoms with Crippen molar-refractivity contribution in [2.24, 2.45) is 5.92 Å². The summed E-state index contributed by atoms with van der Waals surface area (Å²) >= 11 is 0. The Balaban J connectivity index is 2.30. The first kappa shape index (κ1) is 12.0. The minimum atomic E-state index is 0.335. The van der Waals surface area contributed by atoms with Crippen LogP contribution in [0.15, 0.2) is 0 Å². The summed E-state index contributed by atoms with van der Waals surface area (Å²) < 4.78 is 5.38. The molecule has 0 bridgehead atoms. The van der Waals surface area contributed by atoms with E-state index >= 15 is 0 Å². The second-order valence-electron chi connectivity index (χ2n) is 4.58. The van der Waals surface area contributed by atoms with Crippen molar-refractivity contribution in [2.45, 2.75) is 57.6 Å². The Hall–Kier alpha value is -0.0800. The number of ether oxygens (including phenoxy) is 1. The summed E-state index contributed by atoms with van der Waals surface area (Å²) in [6, 6.07) is 0.531. The molecule has 0 aliphatic heterocycles. The van der Waals surface area contributed by atoms with E-state index in [4.69, 9.17) is 4.74 Å². The summed E-state index contributed by atoms with van der Waals surface area (Å²) in [4.78, 5) is 0. The molecule has 2 atom stereocenters. The SMILES string of the molecule is CNC(CC1CCCCC1)C(C)OC. The molecule has 1 fully saturated rings. The van der Waals surface area contributed by atoms with Crippen molar-refractivity contribution in [1.29, 1.82) is 0 Å². The standard InChI is InChI=1S/C12H25NO/c1-10(14-3)12(13-2)9-11-7-5-4-6-8-11/h10-13H,4-9H2,1-3H3. The highest BCUT2D eigenvalue weighted by Gasteiger charge is 2.21. The van der Waals surface area contributed by atoms with E-state index in [1.807, 2.05) is 7.05 Å². The molecular weight excluding hydrogens is 174 g/mol. The predicted molar refractivity (Wildman–Crippen MR) is 60.5 cm³/mol. The van der Waals surface area contributed by atoms with Crippen molar-refractivity contribution in [3.8, 4) is 0 Å². The lowest BCUT2D eigenvalue weighted by atomic mass is 9.84. The highest BCUT2D eigenvalue weighted by atomic mass is 16.5. The van der Waals surface area contributed by atoms with Gasteiger partial charge in [-0.1, -0.05) is 32.1 Å². The van der Waals surface area contributed by atoms with Crippen molar-refractivity contribution in [3.63, 3.8) is 0 Å². The third-order valence-corrected chi connectivity index (χ3v) is 3.62. The van der Waals surface area contributed by atoms with E-state index in [1.165, 1.54) is 38.5 Å². The van der Waals surface area contributed by atoms with Gasteiger partial charge < -0.3 is 10.1 Å². The fourth-order valence-corrected chi connectivity index (χ4v) is 2.49. The number of hydrogen-bond donors (Lipinski definition) is 1. The van der Waals surface area contributed by atoms with Crippen LogP contribution in [0.2, 0.25) is 0 Å². The molecule has 0 aromatic carbocycles. The van der Waals surface area contributed by atoms with E-state index < -0.39 is 0 Å². The van der Waals surface area contributed by atoms with Crippen LogP contribution in [0.25, 0.3) is 0 Å². The molecule has 0 spiro atoms. The molecule has 1 saturated carbocycles. The van der Waals surface area contributed by atoms with Crippen LogP contribution in [0.4, 0.5) is 0 Å². The average Bonchev–Trinajstić information content (AvgIpc) is 2.26. The van der Waals surface area contributed by atoms with Gasteiger partial charge in [0.25, 0.3) is 0 Å². The van der Waals surface area contributed by atoms with Crippen LogP contribution >= 0.6 is 0 Å². The van der Waals surface area contributed by atoms with Crippen LogP contribution in [-0.4, -0.2) is 26.3 Å². The molecule has 2 nitrogen and oxygen atoms in total. The largest absolute Gasteiger partial charge is 0.380 e. The van der Waals surface area contributed by atoms with E-state index in [1.54, 1.807) is 7.11 Å². The molecule has 1 N–H and O–H groups in total. The summed E-state index contributed by atoms with van der Waals surface area (Å²) in [6.45, 7) is 2.16. The number of hydrogen-bond acceptors (Lipinski definition) is 2. The van der Waals surface area contributed by atoms with Crippen LogP contribution in [0.3, 0.4) is 0 Å². The van der Waals surface area contributed by atoms with E-state index in [2.05, 4.69) is 12.2 Å². The molecule has 0 aromatic heterocycles. The molecule has 1 aliphatic rings. The Kier molecular flexibility index (Phi) is 5.49. The molecule has 0 radical (unpaired) electrons. The normalized spacial score (nSPS) is 23.4. The van der Waals surface area contributed by atoms with Crippen molar-refractivity contribution in [2.75, 3.05) is 14.2 Å². The highest BCUT2D eigenvalue weighted by Crippen LogP contribution is 2.28. The Bertz CT molecular complexity index is 143. The summed E-state index contributed by atoms with van der Waals surface area (Å²) in [6.07, 6.45) is 8.78. The van der Waals surface area contributed by atoms with Gasteiger partial charge in [-0.05, 0) is 26.3 Å². The van der Waals surface area contributed by atoms with Gasteiger partial charge in [-0.2, -0.15) is 0 Å². The molecular formula is C12H25NO. The van der Waals surface area contributed by atoms with Gasteiger partial charge in [-0.25, -0.2) is 0 Å². The minimum Gasteiger partial charge on any atom is -0.380 e. The van der Waals surface area contributed by atoms with E-state index in [0.717, 1.165) is 5.92 Å². The maximum Gasteiger partial charge on any atom is 0.0696 e. The monoisotopic (exact) mass is 199 g/mol. The molecule has 1 aliphatic carbocycles. The minimum absolute atomic E-state index is 0.335. The average molecular weight is 199 g/mol. The second kappa shape index (κ2) is 6.41. The Morgan fingerprint density at radius 2 is 1.93 bits per heavy atom. The lowest BCUT2D eigenvalue weighted by Gasteiger charge is -2.29. The summed E-state index contributed by atoms with van der Waals surface area (Å²) in [7, 11) is 3.85. The van der Waals surface area contributed by atoms with Crippen molar-refractivity contribution in [3.05, 3.63) is 0 Å². The first-order valence-corrected chi connectivity index (χ1v) is 5.98. The van der Waals surface area contributed by atoms with Crippen molar-refractivity contribution >= 4 is 0 Å². The van der Waals surface area contributed by atoms with Gasteiger partial charge in [0.1, 0.15) is 0 Å². The predicted octanol–water partition coefficient (Wildman–Crippen LogP) is 2.58. The smallest absolute Gasteiger partial charge is 0.0696 e. The van der Waals surface area contributed by atoms with Crippen LogP contribution in [-0.2, 0) is 4.74 Å². The van der Waals surface area contributed by atoms with Crippen LogP contribution in [0.5, 0.6) is 0 Å². The molecule has 0 saturated heterocycles. The first-order valence-electron chi connectivity index (χ1n) is 5.98. The van der Waals surface area contributed by atoms with E-state index in [-0.39, 0.29) is 0 Å². The Labute approximate surface area is 88.4 Å². The maximum absolute atomic E-state index is 5.38. The lowest BCUT2D eigenvalue weighted by molar-refractivity contribution is 0.0737. The molecule has 2 heteroatoms. The van der Waals surface area contributed by atoms with Gasteiger partial charge in [0, 0.05) is 13.2 Å². The molecule has 0 amide bonds. The first-order chi connectivity index (χ1) is 6.77. The molecule has 2 unspecified atom stereocenters. The third-order valence-electron chi connectivity index (χ3n) is 3.62. The van der Waals surface area contributed by atoms with E-state index in [9.17, 15) is 0 Å². The molecule has 0 heterocycles. The fraction of sp³-hybridized carbons (Fsp3) is 1.00. The molecule has 84 valence electrons. The van der Waals surface area contributed by atoms with Crippen LogP contribution in [0, 0.1) is 5.92 Å². The second-order valence-corrected chi connectivity index (χ2v) is 4.58. The lowest BCUT2D eigenvalue weighted by Crippen LogP contribution is -2.38. The molecule has 0 aromatic rings. The zero-order chi connectivity index (χ0) is 10.4. The van der Waals surface area contributed by atoms with Gasteiger partial charge in [0.15, 0.2) is 0 Å². The number of rotatable bonds is 5. The molecule has 14 heavy (non-hydrogen) atoms. The zero-order valence-corrected chi connectivity index (χ0v) is 9.88. The van der Waals surface area contributed by atoms with Gasteiger partial charge in [0.05, 0.1) is 6.10 Å². The van der Waals surface area contributed by atoms with Crippen molar-refractivity contribution < 1.29 is 4.74 Å². The number of methoxy groups -OCH3 is 1. The summed E-state index contributed by atoms with van der Waals surface area (Å²) in [5.74, 6) is 0.929. The van der Waals surface area contributed by atoms with Crippen LogP contribution in [0.1, 0.15) is 45.4 Å². The van der Waals surface area contributed by atoms with Crippen molar-refractivity contribution in [1.82, 2.24) is 5.32 Å². The van der Waals surface area contributed by atoms with Gasteiger partial charge in [-0.3, -0.25) is 0 Å². The third kappa shape index (κ3) is 3.58. The quantitative estimate of drug-likeness (QED) is 0.735.